The standard InChI is InChI=1S/C17H21BrO/c18-15-3-1-12(2-4-15)6-16-7-13-5-14(8-16)10-17(19,9-13)11-16/h1-4,13-14,19H,5-11H2. The Balaban J connectivity index is 1.61. The topological polar surface area (TPSA) is 20.2 Å². The lowest BCUT2D eigenvalue weighted by molar-refractivity contribution is -0.163. The van der Waals surface area contributed by atoms with E-state index in [1.165, 1.54) is 24.8 Å². The maximum absolute atomic E-state index is 10.8. The van der Waals surface area contributed by atoms with Crippen LogP contribution in [0.2, 0.25) is 0 Å². The Morgan fingerprint density at radius 2 is 1.68 bits per heavy atom. The molecular formula is C17H21BrO. The molecule has 0 spiro atoms. The van der Waals surface area contributed by atoms with Crippen molar-refractivity contribution >= 4 is 15.9 Å². The molecule has 0 heterocycles. The third-order valence-corrected chi connectivity index (χ3v) is 6.17. The van der Waals surface area contributed by atoms with E-state index in [9.17, 15) is 5.11 Å². The van der Waals surface area contributed by atoms with Crippen molar-refractivity contribution in [2.75, 3.05) is 0 Å². The third kappa shape index (κ3) is 2.17. The van der Waals surface area contributed by atoms with Gasteiger partial charge in [-0.15, -0.1) is 0 Å². The molecule has 1 nitrogen and oxygen atoms in total. The first-order valence-electron chi connectivity index (χ1n) is 7.51. The minimum Gasteiger partial charge on any atom is -0.390 e. The average Bonchev–Trinajstić information content (AvgIpc) is 2.28. The summed E-state index contributed by atoms with van der Waals surface area (Å²) in [6.45, 7) is 0. The Labute approximate surface area is 123 Å². The van der Waals surface area contributed by atoms with Gasteiger partial charge >= 0.3 is 0 Å². The Hall–Kier alpha value is -0.340. The van der Waals surface area contributed by atoms with Crippen molar-refractivity contribution in [3.05, 3.63) is 34.3 Å². The number of hydrogen-bond acceptors (Lipinski definition) is 1. The molecule has 2 atom stereocenters. The van der Waals surface area contributed by atoms with E-state index in [1.54, 1.807) is 0 Å². The van der Waals surface area contributed by atoms with Crippen LogP contribution in [-0.2, 0) is 6.42 Å². The van der Waals surface area contributed by atoms with Crippen LogP contribution in [0.3, 0.4) is 0 Å². The molecule has 0 aliphatic heterocycles. The van der Waals surface area contributed by atoms with Crippen LogP contribution in [-0.4, -0.2) is 10.7 Å². The van der Waals surface area contributed by atoms with Crippen LogP contribution in [0, 0.1) is 17.3 Å². The third-order valence-electron chi connectivity index (χ3n) is 5.64. The Morgan fingerprint density at radius 1 is 1.05 bits per heavy atom. The number of halogens is 1. The summed E-state index contributed by atoms with van der Waals surface area (Å²) in [4.78, 5) is 0. The van der Waals surface area contributed by atoms with Crippen molar-refractivity contribution < 1.29 is 5.11 Å². The highest BCUT2D eigenvalue weighted by Gasteiger charge is 2.56. The van der Waals surface area contributed by atoms with Crippen molar-refractivity contribution in [3.63, 3.8) is 0 Å². The predicted octanol–water partition coefficient (Wildman–Crippen LogP) is 4.32. The van der Waals surface area contributed by atoms with Crippen LogP contribution < -0.4 is 0 Å². The largest absolute Gasteiger partial charge is 0.390 e. The highest BCUT2D eigenvalue weighted by molar-refractivity contribution is 9.10. The second kappa shape index (κ2) is 4.08. The molecule has 0 radical (unpaired) electrons. The Kier molecular flexibility index (Phi) is 2.66. The van der Waals surface area contributed by atoms with E-state index in [0.29, 0.717) is 5.41 Å². The van der Waals surface area contributed by atoms with Gasteiger partial charge in [0.15, 0.2) is 0 Å². The summed E-state index contributed by atoms with van der Waals surface area (Å²) in [7, 11) is 0. The van der Waals surface area contributed by atoms with Gasteiger partial charge in [-0.2, -0.15) is 0 Å². The summed E-state index contributed by atoms with van der Waals surface area (Å²) in [6, 6.07) is 8.77. The summed E-state index contributed by atoms with van der Waals surface area (Å²) in [6.07, 6.45) is 8.43. The van der Waals surface area contributed by atoms with Gasteiger partial charge in [0.25, 0.3) is 0 Å². The van der Waals surface area contributed by atoms with E-state index in [-0.39, 0.29) is 5.60 Å². The number of aliphatic hydroxyl groups is 1. The lowest BCUT2D eigenvalue weighted by atomic mass is 9.47. The second-order valence-corrected chi connectivity index (χ2v) is 8.40. The molecule has 0 aromatic heterocycles. The minimum absolute atomic E-state index is 0.320. The summed E-state index contributed by atoms with van der Waals surface area (Å²) >= 11 is 3.51. The molecule has 5 rings (SSSR count). The molecule has 1 aromatic carbocycles. The average molecular weight is 321 g/mol. The maximum atomic E-state index is 10.8. The first-order chi connectivity index (χ1) is 9.04. The lowest BCUT2D eigenvalue weighted by Gasteiger charge is -2.60. The molecule has 102 valence electrons. The first kappa shape index (κ1) is 12.4. The molecule has 4 aliphatic carbocycles. The summed E-state index contributed by atoms with van der Waals surface area (Å²) in [5, 5.41) is 10.8. The van der Waals surface area contributed by atoms with E-state index < -0.39 is 0 Å². The molecule has 1 aromatic rings. The fourth-order valence-corrected chi connectivity index (χ4v) is 5.91. The monoisotopic (exact) mass is 320 g/mol. The van der Waals surface area contributed by atoms with Crippen LogP contribution in [0.25, 0.3) is 0 Å². The zero-order valence-corrected chi connectivity index (χ0v) is 12.8. The smallest absolute Gasteiger partial charge is 0.0658 e. The van der Waals surface area contributed by atoms with Gasteiger partial charge in [0, 0.05) is 4.47 Å². The number of hydrogen-bond donors (Lipinski definition) is 1. The van der Waals surface area contributed by atoms with Crippen LogP contribution in [0.4, 0.5) is 0 Å². The van der Waals surface area contributed by atoms with Crippen LogP contribution in [0.15, 0.2) is 28.7 Å². The van der Waals surface area contributed by atoms with Crippen molar-refractivity contribution in [1.29, 1.82) is 0 Å². The van der Waals surface area contributed by atoms with Crippen LogP contribution in [0.1, 0.15) is 44.1 Å². The number of benzene rings is 1. The van der Waals surface area contributed by atoms with Crippen molar-refractivity contribution in [1.82, 2.24) is 0 Å². The predicted molar refractivity (Wildman–Crippen MR) is 79.9 cm³/mol. The molecule has 2 unspecified atom stereocenters. The van der Waals surface area contributed by atoms with E-state index in [4.69, 9.17) is 0 Å². The van der Waals surface area contributed by atoms with Crippen molar-refractivity contribution in [3.8, 4) is 0 Å². The quantitative estimate of drug-likeness (QED) is 0.860. The van der Waals surface area contributed by atoms with E-state index in [2.05, 4.69) is 40.2 Å². The lowest BCUT2D eigenvalue weighted by Crippen LogP contribution is -2.56. The molecular weight excluding hydrogens is 300 g/mol. The van der Waals surface area contributed by atoms with Gasteiger partial charge < -0.3 is 5.11 Å². The highest BCUT2D eigenvalue weighted by atomic mass is 79.9. The summed E-state index contributed by atoms with van der Waals surface area (Å²) in [5.74, 6) is 1.59. The second-order valence-electron chi connectivity index (χ2n) is 7.49. The van der Waals surface area contributed by atoms with Gasteiger partial charge in [0.1, 0.15) is 0 Å². The molecule has 4 bridgehead atoms. The van der Waals surface area contributed by atoms with Crippen LogP contribution >= 0.6 is 15.9 Å². The van der Waals surface area contributed by atoms with Crippen molar-refractivity contribution in [2.45, 2.75) is 50.5 Å². The SMILES string of the molecule is OC12CC3CC(C1)CC(Cc1ccc(Br)cc1)(C3)C2. The fraction of sp³-hybridized carbons (Fsp3) is 0.647. The van der Waals surface area contributed by atoms with Gasteiger partial charge in [0.2, 0.25) is 0 Å². The molecule has 1 N–H and O–H groups in total. The fourth-order valence-electron chi connectivity index (χ4n) is 5.64. The van der Waals surface area contributed by atoms with E-state index >= 15 is 0 Å². The van der Waals surface area contributed by atoms with Gasteiger partial charge in [-0.05, 0) is 79.9 Å². The molecule has 4 saturated carbocycles. The first-order valence-corrected chi connectivity index (χ1v) is 8.30. The molecule has 0 amide bonds. The summed E-state index contributed by atoms with van der Waals surface area (Å²) in [5.41, 5.74) is 1.51. The zero-order chi connectivity index (χ0) is 13.1. The van der Waals surface area contributed by atoms with Crippen LogP contribution in [0.5, 0.6) is 0 Å². The van der Waals surface area contributed by atoms with Gasteiger partial charge in [-0.3, -0.25) is 0 Å². The highest BCUT2D eigenvalue weighted by Crippen LogP contribution is 2.62. The molecule has 19 heavy (non-hydrogen) atoms. The number of rotatable bonds is 2. The van der Waals surface area contributed by atoms with Gasteiger partial charge in [-0.1, -0.05) is 28.1 Å². The minimum atomic E-state index is -0.320. The van der Waals surface area contributed by atoms with Gasteiger partial charge in [-0.25, -0.2) is 0 Å². The summed E-state index contributed by atoms with van der Waals surface area (Å²) < 4.78 is 1.15. The molecule has 4 fully saturated rings. The zero-order valence-electron chi connectivity index (χ0n) is 11.2. The molecule has 4 aliphatic rings. The molecule has 2 heteroatoms. The molecule has 0 saturated heterocycles. The van der Waals surface area contributed by atoms with Crippen molar-refractivity contribution in [2.24, 2.45) is 17.3 Å². The maximum Gasteiger partial charge on any atom is 0.0658 e. The Bertz CT molecular complexity index is 478. The van der Waals surface area contributed by atoms with Gasteiger partial charge in [0.05, 0.1) is 5.60 Å². The van der Waals surface area contributed by atoms with E-state index in [1.807, 2.05) is 0 Å². The van der Waals surface area contributed by atoms with E-state index in [0.717, 1.165) is 42.0 Å². The Morgan fingerprint density at radius 3 is 2.26 bits per heavy atom. The normalized spacial score (nSPS) is 43.7.